The van der Waals surface area contributed by atoms with E-state index in [-0.39, 0.29) is 5.75 Å². The van der Waals surface area contributed by atoms with Crippen molar-refractivity contribution in [2.75, 3.05) is 23.9 Å². The van der Waals surface area contributed by atoms with Gasteiger partial charge in [-0.05, 0) is 6.42 Å². The van der Waals surface area contributed by atoms with E-state index >= 15 is 0 Å². The summed E-state index contributed by atoms with van der Waals surface area (Å²) in [6.07, 6.45) is 6.92. The number of aryl methyl sites for hydroxylation is 1. The quantitative estimate of drug-likeness (QED) is 0.732. The zero-order chi connectivity index (χ0) is 12.0. The van der Waals surface area contributed by atoms with Crippen molar-refractivity contribution in [3.63, 3.8) is 0 Å². The molecule has 0 saturated carbocycles. The van der Waals surface area contributed by atoms with Gasteiger partial charge in [0.2, 0.25) is 5.95 Å². The van der Waals surface area contributed by atoms with Gasteiger partial charge in [0.1, 0.15) is 9.84 Å². The maximum absolute atomic E-state index is 11.0. The minimum atomic E-state index is -2.92. The molecule has 5 nitrogen and oxygen atoms in total. The van der Waals surface area contributed by atoms with E-state index in [2.05, 4.69) is 17.2 Å². The van der Waals surface area contributed by atoms with Crippen LogP contribution in [-0.4, -0.2) is 36.5 Å². The van der Waals surface area contributed by atoms with E-state index < -0.39 is 9.84 Å². The van der Waals surface area contributed by atoms with Gasteiger partial charge < -0.3 is 9.88 Å². The van der Waals surface area contributed by atoms with Gasteiger partial charge in [0.15, 0.2) is 0 Å². The molecular weight excluding hydrogens is 226 g/mol. The SMILES string of the molecule is CCCCNc1nccn1CCS(C)(=O)=O. The van der Waals surface area contributed by atoms with Crippen LogP contribution in [0.15, 0.2) is 12.4 Å². The second-order valence-corrected chi connectivity index (χ2v) is 6.11. The lowest BCUT2D eigenvalue weighted by molar-refractivity contribution is 0.595. The van der Waals surface area contributed by atoms with E-state index in [4.69, 9.17) is 0 Å². The first-order chi connectivity index (χ1) is 7.53. The standard InChI is InChI=1S/C10H19N3O2S/c1-3-4-5-11-10-12-6-7-13(10)8-9-16(2,14)15/h6-7H,3-5,8-9H2,1-2H3,(H,11,12). The predicted molar refractivity (Wildman–Crippen MR) is 65.3 cm³/mol. The Labute approximate surface area is 96.8 Å². The molecule has 92 valence electrons. The smallest absolute Gasteiger partial charge is 0.202 e. The molecule has 0 amide bonds. The Hall–Kier alpha value is -1.04. The van der Waals surface area contributed by atoms with Crippen LogP contribution in [0.25, 0.3) is 0 Å². The second kappa shape index (κ2) is 5.89. The molecule has 0 aliphatic rings. The summed E-state index contributed by atoms with van der Waals surface area (Å²) >= 11 is 0. The number of aromatic nitrogens is 2. The van der Waals surface area contributed by atoms with Crippen LogP contribution in [0.2, 0.25) is 0 Å². The summed E-state index contributed by atoms with van der Waals surface area (Å²) in [6.45, 7) is 3.44. The molecular formula is C10H19N3O2S. The van der Waals surface area contributed by atoms with E-state index in [0.717, 1.165) is 25.3 Å². The van der Waals surface area contributed by atoms with E-state index in [1.807, 2.05) is 4.57 Å². The van der Waals surface area contributed by atoms with Crippen LogP contribution in [0.4, 0.5) is 5.95 Å². The van der Waals surface area contributed by atoms with Gasteiger partial charge in [0.25, 0.3) is 0 Å². The molecule has 0 aliphatic carbocycles. The minimum Gasteiger partial charge on any atom is -0.356 e. The van der Waals surface area contributed by atoms with Gasteiger partial charge in [0.05, 0.1) is 5.75 Å². The van der Waals surface area contributed by atoms with Gasteiger partial charge in [-0.1, -0.05) is 13.3 Å². The molecule has 0 aliphatic heterocycles. The Bertz CT molecular complexity index is 411. The number of unbranched alkanes of at least 4 members (excludes halogenated alkanes) is 1. The molecule has 16 heavy (non-hydrogen) atoms. The van der Waals surface area contributed by atoms with Gasteiger partial charge in [-0.15, -0.1) is 0 Å². The summed E-state index contributed by atoms with van der Waals surface area (Å²) in [5, 5.41) is 3.19. The molecule has 0 saturated heterocycles. The summed E-state index contributed by atoms with van der Waals surface area (Å²) in [4.78, 5) is 4.15. The summed E-state index contributed by atoms with van der Waals surface area (Å²) < 4.78 is 23.9. The van der Waals surface area contributed by atoms with Crippen LogP contribution >= 0.6 is 0 Å². The summed E-state index contributed by atoms with van der Waals surface area (Å²) in [5.74, 6) is 0.892. The highest BCUT2D eigenvalue weighted by atomic mass is 32.2. The fourth-order valence-corrected chi connectivity index (χ4v) is 1.83. The number of rotatable bonds is 7. The first kappa shape index (κ1) is 13.0. The second-order valence-electron chi connectivity index (χ2n) is 3.85. The molecule has 0 fully saturated rings. The van der Waals surface area contributed by atoms with Crippen molar-refractivity contribution >= 4 is 15.8 Å². The molecule has 6 heteroatoms. The topological polar surface area (TPSA) is 64.0 Å². The maximum atomic E-state index is 11.0. The molecule has 0 unspecified atom stereocenters. The monoisotopic (exact) mass is 245 g/mol. The number of anilines is 1. The largest absolute Gasteiger partial charge is 0.356 e. The molecule has 1 N–H and O–H groups in total. The Kier molecular flexibility index (Phi) is 4.79. The van der Waals surface area contributed by atoms with Gasteiger partial charge in [0, 0.05) is 31.7 Å². The van der Waals surface area contributed by atoms with Crippen LogP contribution in [0.3, 0.4) is 0 Å². The molecule has 0 spiro atoms. The van der Waals surface area contributed by atoms with Gasteiger partial charge >= 0.3 is 0 Å². The average molecular weight is 245 g/mol. The summed E-state index contributed by atoms with van der Waals surface area (Å²) in [5.41, 5.74) is 0. The van der Waals surface area contributed by atoms with Crippen molar-refractivity contribution < 1.29 is 8.42 Å². The Morgan fingerprint density at radius 3 is 2.88 bits per heavy atom. The fourth-order valence-electron chi connectivity index (χ4n) is 1.30. The third-order valence-electron chi connectivity index (χ3n) is 2.23. The van der Waals surface area contributed by atoms with Crippen LogP contribution in [-0.2, 0) is 16.4 Å². The predicted octanol–water partition coefficient (Wildman–Crippen LogP) is 1.14. The number of imidazole rings is 1. The third-order valence-corrected chi connectivity index (χ3v) is 3.16. The Morgan fingerprint density at radius 1 is 1.50 bits per heavy atom. The zero-order valence-corrected chi connectivity index (χ0v) is 10.6. The van der Waals surface area contributed by atoms with Crippen LogP contribution in [0.1, 0.15) is 19.8 Å². The molecule has 0 bridgehead atoms. The van der Waals surface area contributed by atoms with E-state index in [1.54, 1.807) is 12.4 Å². The normalized spacial score (nSPS) is 11.6. The lowest BCUT2D eigenvalue weighted by atomic mass is 10.3. The van der Waals surface area contributed by atoms with E-state index in [9.17, 15) is 8.42 Å². The molecule has 0 atom stereocenters. The van der Waals surface area contributed by atoms with Crippen molar-refractivity contribution in [2.24, 2.45) is 0 Å². The average Bonchev–Trinajstić information content (AvgIpc) is 2.62. The maximum Gasteiger partial charge on any atom is 0.202 e. The van der Waals surface area contributed by atoms with Crippen LogP contribution in [0.5, 0.6) is 0 Å². The minimum absolute atomic E-state index is 0.145. The highest BCUT2D eigenvalue weighted by Crippen LogP contribution is 2.05. The highest BCUT2D eigenvalue weighted by Gasteiger charge is 2.06. The number of hydrogen-bond donors (Lipinski definition) is 1. The number of sulfone groups is 1. The lowest BCUT2D eigenvalue weighted by Gasteiger charge is -2.08. The Morgan fingerprint density at radius 2 is 2.25 bits per heavy atom. The van der Waals surface area contributed by atoms with Crippen LogP contribution < -0.4 is 5.32 Å². The molecule has 1 heterocycles. The van der Waals surface area contributed by atoms with Crippen molar-refractivity contribution in [3.8, 4) is 0 Å². The van der Waals surface area contributed by atoms with Crippen molar-refractivity contribution in [1.82, 2.24) is 9.55 Å². The van der Waals surface area contributed by atoms with Crippen molar-refractivity contribution in [3.05, 3.63) is 12.4 Å². The molecule has 0 radical (unpaired) electrons. The molecule has 1 aromatic heterocycles. The third kappa shape index (κ3) is 4.65. The fraction of sp³-hybridized carbons (Fsp3) is 0.700. The summed E-state index contributed by atoms with van der Waals surface area (Å²) in [7, 11) is -2.92. The van der Waals surface area contributed by atoms with Gasteiger partial charge in [-0.2, -0.15) is 0 Å². The zero-order valence-electron chi connectivity index (χ0n) is 9.81. The van der Waals surface area contributed by atoms with Gasteiger partial charge in [-0.25, -0.2) is 13.4 Å². The summed E-state index contributed by atoms with van der Waals surface area (Å²) in [6, 6.07) is 0. The van der Waals surface area contributed by atoms with E-state index in [1.165, 1.54) is 6.26 Å². The Balaban J connectivity index is 2.50. The number of nitrogens with zero attached hydrogens (tertiary/aromatic N) is 2. The highest BCUT2D eigenvalue weighted by molar-refractivity contribution is 7.90. The van der Waals surface area contributed by atoms with Crippen molar-refractivity contribution in [1.29, 1.82) is 0 Å². The molecule has 1 aromatic rings. The van der Waals surface area contributed by atoms with Gasteiger partial charge in [-0.3, -0.25) is 0 Å². The lowest BCUT2D eigenvalue weighted by Crippen LogP contribution is -2.14. The molecule has 1 rings (SSSR count). The first-order valence-corrected chi connectivity index (χ1v) is 7.51. The van der Waals surface area contributed by atoms with Crippen LogP contribution in [0, 0.1) is 0 Å². The number of hydrogen-bond acceptors (Lipinski definition) is 4. The van der Waals surface area contributed by atoms with E-state index in [0.29, 0.717) is 6.54 Å². The van der Waals surface area contributed by atoms with Crippen molar-refractivity contribution in [2.45, 2.75) is 26.3 Å². The number of nitrogens with one attached hydrogen (secondary N) is 1. The first-order valence-electron chi connectivity index (χ1n) is 5.45. The molecule has 0 aromatic carbocycles.